The van der Waals surface area contributed by atoms with E-state index >= 15 is 0 Å². The Bertz CT molecular complexity index is 632. The van der Waals surface area contributed by atoms with E-state index in [9.17, 15) is 4.57 Å². The number of hydrogen-bond donors (Lipinski definition) is 1. The third-order valence-electron chi connectivity index (χ3n) is 2.98. The molecule has 0 radical (unpaired) electrons. The Morgan fingerprint density at radius 2 is 1.84 bits per heavy atom. The lowest BCUT2D eigenvalue weighted by Gasteiger charge is -2.12. The van der Waals surface area contributed by atoms with Crippen LogP contribution >= 0.6 is 7.14 Å². The van der Waals surface area contributed by atoms with Gasteiger partial charge >= 0.3 is 0 Å². The number of nitrogens with two attached hydrogens (primary N) is 1. The lowest BCUT2D eigenvalue weighted by molar-refractivity contribution is 0.588. The highest BCUT2D eigenvalue weighted by Crippen LogP contribution is 2.38. The van der Waals surface area contributed by atoms with E-state index in [2.05, 4.69) is 16.9 Å². The van der Waals surface area contributed by atoms with E-state index in [1.165, 1.54) is 0 Å². The van der Waals surface area contributed by atoms with E-state index in [1.54, 1.807) is 19.4 Å². The second-order valence-corrected chi connectivity index (χ2v) is 8.08. The zero-order chi connectivity index (χ0) is 14.0. The number of anilines is 1. The molecule has 1 aromatic heterocycles. The molecule has 0 unspecified atom stereocenters. The van der Waals surface area contributed by atoms with Gasteiger partial charge in [0.15, 0.2) is 5.82 Å². The van der Waals surface area contributed by atoms with Crippen LogP contribution in [0.3, 0.4) is 0 Å². The molecule has 0 spiro atoms. The molecular weight excluding hydrogens is 257 g/mol. The van der Waals surface area contributed by atoms with Crippen LogP contribution < -0.4 is 11.0 Å². The summed E-state index contributed by atoms with van der Waals surface area (Å²) in [7, 11) is -2.40. The molecule has 0 aliphatic heterocycles. The maximum Gasteiger partial charge on any atom is 0.159 e. The molecule has 0 atom stereocenters. The Kier molecular flexibility index (Phi) is 3.72. The molecule has 2 N–H and O–H groups in total. The van der Waals surface area contributed by atoms with Gasteiger partial charge < -0.3 is 10.3 Å². The molecule has 1 heterocycles. The monoisotopic (exact) mass is 275 g/mol. The molecule has 5 heteroatoms. The van der Waals surface area contributed by atoms with Gasteiger partial charge in [0, 0.05) is 28.9 Å². The fraction of sp³-hybridized carbons (Fsp3) is 0.286. The summed E-state index contributed by atoms with van der Waals surface area (Å²) in [6.07, 6.45) is 4.54. The smallest absolute Gasteiger partial charge is 0.159 e. The lowest BCUT2D eigenvalue weighted by Crippen LogP contribution is -2.10. The van der Waals surface area contributed by atoms with Gasteiger partial charge in [0.2, 0.25) is 0 Å². The van der Waals surface area contributed by atoms with Crippen molar-refractivity contribution < 1.29 is 4.57 Å². The second-order valence-electron chi connectivity index (χ2n) is 4.89. The highest BCUT2D eigenvalue weighted by Gasteiger charge is 2.16. The van der Waals surface area contributed by atoms with E-state index in [1.807, 2.05) is 24.5 Å². The van der Waals surface area contributed by atoms with Gasteiger partial charge in [-0.2, -0.15) is 0 Å². The van der Waals surface area contributed by atoms with Crippen LogP contribution in [0, 0.1) is 0 Å². The molecule has 0 amide bonds. The van der Waals surface area contributed by atoms with Gasteiger partial charge in [-0.25, -0.2) is 9.97 Å². The fourth-order valence-corrected chi connectivity index (χ4v) is 2.98. The third-order valence-corrected chi connectivity index (χ3v) is 4.53. The van der Waals surface area contributed by atoms with Crippen LogP contribution in [-0.2, 0) is 11.0 Å². The molecule has 0 aliphatic carbocycles. The van der Waals surface area contributed by atoms with Crippen molar-refractivity contribution >= 4 is 18.1 Å². The summed E-state index contributed by atoms with van der Waals surface area (Å²) in [5, 5.41) is 0.688. The minimum Gasteiger partial charge on any atom is -0.398 e. The van der Waals surface area contributed by atoms with Gasteiger partial charge in [0.1, 0.15) is 7.14 Å². The number of nitrogen functional groups attached to an aromatic ring is 1. The van der Waals surface area contributed by atoms with E-state index in [0.717, 1.165) is 17.5 Å². The molecule has 0 fully saturated rings. The zero-order valence-electron chi connectivity index (χ0n) is 11.4. The Hall–Kier alpha value is -1.67. The number of benzene rings is 1. The number of hydrogen-bond acceptors (Lipinski definition) is 4. The summed E-state index contributed by atoms with van der Waals surface area (Å²) in [5.74, 6) is 0.631. The van der Waals surface area contributed by atoms with Crippen molar-refractivity contribution in [1.29, 1.82) is 0 Å². The van der Waals surface area contributed by atoms with Crippen molar-refractivity contribution in [2.75, 3.05) is 19.1 Å². The predicted molar refractivity (Wildman–Crippen MR) is 80.3 cm³/mol. The van der Waals surface area contributed by atoms with E-state index in [0.29, 0.717) is 16.8 Å². The first kappa shape index (κ1) is 13.8. The molecule has 0 saturated heterocycles. The van der Waals surface area contributed by atoms with Gasteiger partial charge in [-0.3, -0.25) is 0 Å². The van der Waals surface area contributed by atoms with Crippen LogP contribution in [0.5, 0.6) is 0 Å². The second kappa shape index (κ2) is 5.14. The van der Waals surface area contributed by atoms with Gasteiger partial charge in [-0.15, -0.1) is 0 Å². The van der Waals surface area contributed by atoms with Crippen LogP contribution in [0.25, 0.3) is 11.4 Å². The number of rotatable bonds is 3. The van der Waals surface area contributed by atoms with Crippen LogP contribution in [-0.4, -0.2) is 23.3 Å². The van der Waals surface area contributed by atoms with Crippen LogP contribution in [0.2, 0.25) is 0 Å². The van der Waals surface area contributed by atoms with Gasteiger partial charge in [-0.1, -0.05) is 6.92 Å². The minimum atomic E-state index is -2.40. The van der Waals surface area contributed by atoms with Gasteiger partial charge in [-0.05, 0) is 43.5 Å². The highest BCUT2D eigenvalue weighted by atomic mass is 31.2. The van der Waals surface area contributed by atoms with Crippen molar-refractivity contribution in [3.63, 3.8) is 0 Å². The number of nitrogens with zero attached hydrogens (tertiary/aromatic N) is 2. The topological polar surface area (TPSA) is 68.9 Å². The summed E-state index contributed by atoms with van der Waals surface area (Å²) in [6, 6.07) is 5.45. The molecule has 19 heavy (non-hydrogen) atoms. The molecule has 0 saturated carbocycles. The average molecular weight is 275 g/mol. The third kappa shape index (κ3) is 3.02. The molecular formula is C14H18N3OP. The Morgan fingerprint density at radius 1 is 1.21 bits per heavy atom. The molecule has 0 bridgehead atoms. The largest absolute Gasteiger partial charge is 0.398 e. The minimum absolute atomic E-state index is 0.558. The number of aryl methyl sites for hydroxylation is 1. The average Bonchev–Trinajstić information content (AvgIpc) is 2.38. The van der Waals surface area contributed by atoms with Crippen LogP contribution in [0.15, 0.2) is 30.6 Å². The zero-order valence-corrected chi connectivity index (χ0v) is 12.3. The Balaban J connectivity index is 2.48. The number of aromatic nitrogens is 2. The van der Waals surface area contributed by atoms with Crippen molar-refractivity contribution in [3.05, 3.63) is 36.2 Å². The van der Waals surface area contributed by atoms with E-state index in [4.69, 9.17) is 5.73 Å². The predicted octanol–water partition coefficient (Wildman–Crippen LogP) is 2.54. The summed E-state index contributed by atoms with van der Waals surface area (Å²) < 4.78 is 12.2. The Morgan fingerprint density at radius 3 is 2.37 bits per heavy atom. The first-order valence-corrected chi connectivity index (χ1v) is 8.78. The molecule has 1 aromatic carbocycles. The maximum absolute atomic E-state index is 12.2. The first-order chi connectivity index (χ1) is 8.91. The van der Waals surface area contributed by atoms with Crippen molar-refractivity contribution in [2.24, 2.45) is 0 Å². The summed E-state index contributed by atoms with van der Waals surface area (Å²) >= 11 is 0. The summed E-state index contributed by atoms with van der Waals surface area (Å²) in [5.41, 5.74) is 8.38. The van der Waals surface area contributed by atoms with Gasteiger partial charge in [0.05, 0.1) is 0 Å². The van der Waals surface area contributed by atoms with Crippen molar-refractivity contribution in [3.8, 4) is 11.4 Å². The van der Waals surface area contributed by atoms with Crippen LogP contribution in [0.4, 0.5) is 5.69 Å². The maximum atomic E-state index is 12.2. The molecule has 2 rings (SSSR count). The van der Waals surface area contributed by atoms with Crippen molar-refractivity contribution in [1.82, 2.24) is 9.97 Å². The molecule has 0 aliphatic rings. The quantitative estimate of drug-likeness (QED) is 0.690. The molecule has 100 valence electrons. The lowest BCUT2D eigenvalue weighted by atomic mass is 10.2. The SMILES string of the molecule is CCc1cnc(-c2ccc(N)c(P(C)(C)=O)c2)nc1. The van der Waals surface area contributed by atoms with E-state index < -0.39 is 7.14 Å². The highest BCUT2D eigenvalue weighted by molar-refractivity contribution is 7.70. The van der Waals surface area contributed by atoms with E-state index in [-0.39, 0.29) is 0 Å². The van der Waals surface area contributed by atoms with Crippen molar-refractivity contribution in [2.45, 2.75) is 13.3 Å². The molecule has 2 aromatic rings. The summed E-state index contributed by atoms with van der Waals surface area (Å²) in [4.78, 5) is 8.66. The summed E-state index contributed by atoms with van der Waals surface area (Å²) in [6.45, 7) is 5.48. The Labute approximate surface area is 113 Å². The standard InChI is InChI=1S/C14H18N3OP/c1-4-10-8-16-14(17-9-10)11-5-6-12(15)13(7-11)19(2,3)18/h5-9H,4,15H2,1-3H3. The van der Waals surface area contributed by atoms with Gasteiger partial charge in [0.25, 0.3) is 0 Å². The normalized spacial score (nSPS) is 11.5. The molecule has 4 nitrogen and oxygen atoms in total. The van der Waals surface area contributed by atoms with Crippen LogP contribution in [0.1, 0.15) is 12.5 Å². The first-order valence-electron chi connectivity index (χ1n) is 6.18. The fourth-order valence-electron chi connectivity index (χ4n) is 1.84.